The van der Waals surface area contributed by atoms with E-state index in [0.29, 0.717) is 5.57 Å². The van der Waals surface area contributed by atoms with E-state index in [1.807, 2.05) is 0 Å². The minimum Gasteiger partial charge on any atom is -0.347 e. The molecule has 0 aromatic heterocycles. The second kappa shape index (κ2) is 1.81. The quantitative estimate of drug-likeness (QED) is 0.282. The molecule has 4 heteroatoms. The SMILES string of the molecule is C=C(C)C(=O)N1CC1(O)O. The van der Waals surface area contributed by atoms with Gasteiger partial charge in [-0.3, -0.25) is 9.69 Å². The molecule has 0 saturated carbocycles. The largest absolute Gasteiger partial charge is 0.347 e. The third kappa shape index (κ3) is 1.03. The number of β-amino-alcohol motifs (C(OH)–C–C–N with tert-alkyl or cyclic N) is 2. The van der Waals surface area contributed by atoms with Crippen molar-refractivity contribution < 1.29 is 15.0 Å². The minimum atomic E-state index is -1.91. The maximum atomic E-state index is 10.8. The zero-order valence-corrected chi connectivity index (χ0v) is 5.66. The minimum absolute atomic E-state index is 0.0152. The predicted molar refractivity (Wildman–Crippen MR) is 33.7 cm³/mol. The summed E-state index contributed by atoms with van der Waals surface area (Å²) in [6.07, 6.45) is 0. The second-order valence-electron chi connectivity index (χ2n) is 2.45. The van der Waals surface area contributed by atoms with E-state index in [0.717, 1.165) is 4.90 Å². The van der Waals surface area contributed by atoms with E-state index in [9.17, 15) is 4.79 Å². The lowest BCUT2D eigenvalue weighted by Crippen LogP contribution is -2.22. The molecule has 0 radical (unpaired) electrons. The molecule has 10 heavy (non-hydrogen) atoms. The Labute approximate surface area is 58.4 Å². The highest BCUT2D eigenvalue weighted by atomic mass is 16.6. The van der Waals surface area contributed by atoms with E-state index >= 15 is 0 Å². The summed E-state index contributed by atoms with van der Waals surface area (Å²) in [7, 11) is 0. The average Bonchev–Trinajstić information content (AvgIpc) is 2.38. The lowest BCUT2D eigenvalue weighted by atomic mass is 10.3. The van der Waals surface area contributed by atoms with Gasteiger partial charge in [-0.25, -0.2) is 0 Å². The Morgan fingerprint density at radius 1 is 1.70 bits per heavy atom. The van der Waals surface area contributed by atoms with Gasteiger partial charge in [-0.15, -0.1) is 0 Å². The van der Waals surface area contributed by atoms with Crippen LogP contribution in [0, 0.1) is 0 Å². The van der Waals surface area contributed by atoms with E-state index < -0.39 is 11.8 Å². The Morgan fingerprint density at radius 2 is 2.10 bits per heavy atom. The summed E-state index contributed by atoms with van der Waals surface area (Å²) in [5.74, 6) is -2.32. The fourth-order valence-electron chi connectivity index (χ4n) is 0.642. The monoisotopic (exact) mass is 143 g/mol. The van der Waals surface area contributed by atoms with E-state index in [4.69, 9.17) is 10.2 Å². The van der Waals surface area contributed by atoms with Crippen LogP contribution < -0.4 is 0 Å². The van der Waals surface area contributed by atoms with Crippen molar-refractivity contribution in [1.82, 2.24) is 4.90 Å². The molecule has 0 aliphatic carbocycles. The zero-order chi connectivity index (χ0) is 7.94. The molecule has 0 bridgehead atoms. The van der Waals surface area contributed by atoms with Gasteiger partial charge in [0.15, 0.2) is 0 Å². The molecular weight excluding hydrogens is 134 g/mol. The predicted octanol–water partition coefficient (Wildman–Crippen LogP) is -0.957. The topological polar surface area (TPSA) is 60.5 Å². The highest BCUT2D eigenvalue weighted by molar-refractivity contribution is 5.94. The van der Waals surface area contributed by atoms with Gasteiger partial charge in [-0.1, -0.05) is 6.58 Å². The molecule has 0 aromatic carbocycles. The molecule has 1 aliphatic rings. The summed E-state index contributed by atoms with van der Waals surface area (Å²) in [6, 6.07) is 0. The molecule has 0 aromatic rings. The van der Waals surface area contributed by atoms with E-state index in [-0.39, 0.29) is 6.54 Å². The van der Waals surface area contributed by atoms with Crippen molar-refractivity contribution >= 4 is 5.91 Å². The molecule has 0 atom stereocenters. The van der Waals surface area contributed by atoms with Gasteiger partial charge in [-0.2, -0.15) is 0 Å². The maximum absolute atomic E-state index is 10.8. The molecular formula is C6H9NO3. The highest BCUT2D eigenvalue weighted by Crippen LogP contribution is 2.26. The van der Waals surface area contributed by atoms with Crippen molar-refractivity contribution in [3.63, 3.8) is 0 Å². The third-order valence-corrected chi connectivity index (χ3v) is 1.31. The molecule has 1 saturated heterocycles. The number of carbonyl (C=O) groups is 1. The smallest absolute Gasteiger partial charge is 0.268 e. The molecule has 0 unspecified atom stereocenters. The number of carbonyl (C=O) groups excluding carboxylic acids is 1. The Morgan fingerprint density at radius 3 is 2.20 bits per heavy atom. The van der Waals surface area contributed by atoms with Crippen molar-refractivity contribution in [3.8, 4) is 0 Å². The molecule has 1 aliphatic heterocycles. The number of rotatable bonds is 1. The zero-order valence-electron chi connectivity index (χ0n) is 5.66. The van der Waals surface area contributed by atoms with Crippen LogP contribution in [0.3, 0.4) is 0 Å². The molecule has 1 fully saturated rings. The Kier molecular flexibility index (Phi) is 1.31. The lowest BCUT2D eigenvalue weighted by molar-refractivity contribution is -0.144. The van der Waals surface area contributed by atoms with Gasteiger partial charge in [-0.05, 0) is 6.92 Å². The first-order valence-electron chi connectivity index (χ1n) is 2.87. The van der Waals surface area contributed by atoms with Crippen molar-refractivity contribution in [1.29, 1.82) is 0 Å². The first kappa shape index (κ1) is 7.24. The van der Waals surface area contributed by atoms with Crippen molar-refractivity contribution in [2.45, 2.75) is 12.8 Å². The summed E-state index contributed by atoms with van der Waals surface area (Å²) in [5, 5.41) is 17.5. The average molecular weight is 143 g/mol. The summed E-state index contributed by atoms with van der Waals surface area (Å²) in [6.45, 7) is 4.88. The fraction of sp³-hybridized carbons (Fsp3) is 0.500. The number of nitrogens with zero attached hydrogens (tertiary/aromatic N) is 1. The lowest BCUT2D eigenvalue weighted by Gasteiger charge is -2.02. The van der Waals surface area contributed by atoms with Crippen molar-refractivity contribution in [2.75, 3.05) is 6.54 Å². The van der Waals surface area contributed by atoms with E-state index in [2.05, 4.69) is 6.58 Å². The molecule has 2 N–H and O–H groups in total. The number of aliphatic hydroxyl groups is 2. The van der Waals surface area contributed by atoms with Crippen LogP contribution >= 0.6 is 0 Å². The van der Waals surface area contributed by atoms with Crippen LogP contribution in [0.2, 0.25) is 0 Å². The van der Waals surface area contributed by atoms with Crippen LogP contribution in [-0.4, -0.2) is 33.5 Å². The first-order valence-corrected chi connectivity index (χ1v) is 2.87. The van der Waals surface area contributed by atoms with Crippen molar-refractivity contribution in [3.05, 3.63) is 12.2 Å². The van der Waals surface area contributed by atoms with Gasteiger partial charge in [0, 0.05) is 5.57 Å². The number of hydrogen-bond acceptors (Lipinski definition) is 3. The molecule has 4 nitrogen and oxygen atoms in total. The van der Waals surface area contributed by atoms with Gasteiger partial charge in [0.05, 0.1) is 0 Å². The second-order valence-corrected chi connectivity index (χ2v) is 2.45. The Hall–Kier alpha value is -0.870. The Bertz CT molecular complexity index is 197. The van der Waals surface area contributed by atoms with E-state index in [1.54, 1.807) is 0 Å². The Balaban J connectivity index is 2.56. The van der Waals surface area contributed by atoms with Crippen LogP contribution in [-0.2, 0) is 4.79 Å². The van der Waals surface area contributed by atoms with Crippen LogP contribution in [0.1, 0.15) is 6.92 Å². The molecule has 1 heterocycles. The summed E-state index contributed by atoms with van der Waals surface area (Å²) >= 11 is 0. The summed E-state index contributed by atoms with van der Waals surface area (Å²) in [5.41, 5.74) is 0.310. The van der Waals surface area contributed by atoms with Crippen LogP contribution in [0.4, 0.5) is 0 Å². The number of hydrogen-bond donors (Lipinski definition) is 2. The first-order chi connectivity index (χ1) is 4.45. The van der Waals surface area contributed by atoms with Crippen LogP contribution in [0.25, 0.3) is 0 Å². The van der Waals surface area contributed by atoms with Gasteiger partial charge in [0.1, 0.15) is 6.54 Å². The van der Waals surface area contributed by atoms with Gasteiger partial charge in [0.2, 0.25) is 0 Å². The third-order valence-electron chi connectivity index (χ3n) is 1.31. The highest BCUT2D eigenvalue weighted by Gasteiger charge is 2.52. The van der Waals surface area contributed by atoms with Gasteiger partial charge < -0.3 is 10.2 Å². The number of amides is 1. The van der Waals surface area contributed by atoms with Crippen molar-refractivity contribution in [2.24, 2.45) is 0 Å². The summed E-state index contributed by atoms with van der Waals surface area (Å²) in [4.78, 5) is 11.8. The fourth-order valence-corrected chi connectivity index (χ4v) is 0.642. The molecule has 0 spiro atoms. The standard InChI is InChI=1S/C6H9NO3/c1-4(2)5(8)7-3-6(7,9)10/h9-10H,1,3H2,2H3. The molecule has 56 valence electrons. The molecule has 1 amide bonds. The van der Waals surface area contributed by atoms with Gasteiger partial charge in [0.25, 0.3) is 11.8 Å². The maximum Gasteiger partial charge on any atom is 0.268 e. The molecule has 1 rings (SSSR count). The van der Waals surface area contributed by atoms with Crippen LogP contribution in [0.15, 0.2) is 12.2 Å². The van der Waals surface area contributed by atoms with Gasteiger partial charge >= 0.3 is 0 Å². The van der Waals surface area contributed by atoms with E-state index in [1.165, 1.54) is 6.92 Å². The normalized spacial score (nSPS) is 20.5. The summed E-state index contributed by atoms with van der Waals surface area (Å²) < 4.78 is 0. The van der Waals surface area contributed by atoms with Crippen LogP contribution in [0.5, 0.6) is 0 Å².